The number of aromatic amines is 1. The van der Waals surface area contributed by atoms with Gasteiger partial charge >= 0.3 is 7.60 Å². The summed E-state index contributed by atoms with van der Waals surface area (Å²) >= 11 is 0. The van der Waals surface area contributed by atoms with Crippen LogP contribution in [0.3, 0.4) is 0 Å². The molecule has 0 aromatic carbocycles. The summed E-state index contributed by atoms with van der Waals surface area (Å²) in [6.07, 6.45) is -0.758. The van der Waals surface area contributed by atoms with Crippen molar-refractivity contribution in [2.24, 2.45) is 0 Å². The molecule has 11 nitrogen and oxygen atoms in total. The molecule has 1 aliphatic heterocycles. The number of nitrogen functional groups attached to an aromatic ring is 1. The molecule has 0 saturated heterocycles. The van der Waals surface area contributed by atoms with Gasteiger partial charge in [-0.15, -0.1) is 0 Å². The second kappa shape index (κ2) is 5.15. The van der Waals surface area contributed by atoms with Crippen molar-refractivity contribution in [1.82, 2.24) is 9.97 Å². The van der Waals surface area contributed by atoms with Gasteiger partial charge in [0.15, 0.2) is 19.0 Å². The number of ether oxygens (including phenoxy) is 1. The molecule has 6 N–H and O–H groups in total. The third-order valence-electron chi connectivity index (χ3n) is 2.11. The number of rotatable bonds is 5. The van der Waals surface area contributed by atoms with E-state index >= 15 is 0 Å². The van der Waals surface area contributed by atoms with Crippen LogP contribution in [-0.2, 0) is 14.1 Å². The van der Waals surface area contributed by atoms with Crippen molar-refractivity contribution in [3.8, 4) is 0 Å². The first-order chi connectivity index (χ1) is 8.87. The van der Waals surface area contributed by atoms with E-state index in [1.807, 2.05) is 0 Å². The number of hydroxylamine groups is 1. The van der Waals surface area contributed by atoms with Crippen LogP contribution in [0.25, 0.3) is 0 Å². The lowest BCUT2D eigenvalue weighted by Gasteiger charge is -2.16. The van der Waals surface area contributed by atoms with Crippen molar-refractivity contribution in [2.75, 3.05) is 35.9 Å². The second-order valence-electron chi connectivity index (χ2n) is 3.61. The molecule has 2 heterocycles. The molecule has 2 rings (SSSR count). The standard InChI is InChI=1S/C7H12N5O6P/c8-7-10-5-4(6(13)11-7)9-1-12(5)18-2-17-3-19(14,15)16/h9H,1-3H2,(H2,14,15,16)(H3,8,10,11,13). The largest absolute Gasteiger partial charge is 0.369 e. The molecule has 0 aliphatic carbocycles. The molecule has 0 spiro atoms. The molecule has 0 atom stereocenters. The molecule has 1 aromatic rings. The zero-order valence-corrected chi connectivity index (χ0v) is 10.5. The summed E-state index contributed by atoms with van der Waals surface area (Å²) in [5, 5.41) is 3.93. The third kappa shape index (κ3) is 3.43. The number of anilines is 3. The Labute approximate surface area is 106 Å². The number of nitrogens with one attached hydrogen (secondary N) is 2. The Bertz CT molecular complexity index is 570. The van der Waals surface area contributed by atoms with E-state index in [1.165, 1.54) is 5.06 Å². The lowest BCUT2D eigenvalue weighted by Crippen LogP contribution is -2.25. The van der Waals surface area contributed by atoms with Crippen LogP contribution in [0.5, 0.6) is 0 Å². The molecule has 1 aliphatic rings. The van der Waals surface area contributed by atoms with Crippen LogP contribution in [0.1, 0.15) is 0 Å². The van der Waals surface area contributed by atoms with E-state index < -0.39 is 26.3 Å². The van der Waals surface area contributed by atoms with E-state index in [0.29, 0.717) is 0 Å². The topological polar surface area (TPSA) is 163 Å². The first-order valence-corrected chi connectivity index (χ1v) is 6.83. The van der Waals surface area contributed by atoms with Crippen LogP contribution < -0.4 is 21.7 Å². The van der Waals surface area contributed by atoms with Gasteiger partial charge in [0.1, 0.15) is 12.4 Å². The van der Waals surface area contributed by atoms with Crippen LogP contribution in [-0.4, -0.2) is 39.6 Å². The molecule has 1 aromatic heterocycles. The summed E-state index contributed by atoms with van der Waals surface area (Å²) in [7, 11) is -4.24. The number of nitrogens with zero attached hydrogens (tertiary/aromatic N) is 2. The van der Waals surface area contributed by atoms with Gasteiger partial charge in [-0.25, -0.2) is 9.90 Å². The first kappa shape index (κ1) is 13.8. The van der Waals surface area contributed by atoms with Crippen LogP contribution in [0.15, 0.2) is 4.79 Å². The Morgan fingerprint density at radius 1 is 1.53 bits per heavy atom. The van der Waals surface area contributed by atoms with Crippen LogP contribution in [0, 0.1) is 0 Å². The highest BCUT2D eigenvalue weighted by Crippen LogP contribution is 2.34. The number of nitrogens with two attached hydrogens (primary N) is 1. The molecule has 0 fully saturated rings. The van der Waals surface area contributed by atoms with Gasteiger partial charge in [-0.05, 0) is 0 Å². The Balaban J connectivity index is 1.96. The minimum Gasteiger partial charge on any atom is -0.369 e. The van der Waals surface area contributed by atoms with Crippen LogP contribution in [0.2, 0.25) is 0 Å². The van der Waals surface area contributed by atoms with Gasteiger partial charge in [0.05, 0.1) is 0 Å². The third-order valence-corrected chi connectivity index (χ3v) is 2.62. The molecule has 0 unspecified atom stereocenters. The molecular weight excluding hydrogens is 281 g/mol. The van der Waals surface area contributed by atoms with Crippen molar-refractivity contribution < 1.29 is 23.9 Å². The van der Waals surface area contributed by atoms with Gasteiger partial charge in [0, 0.05) is 0 Å². The van der Waals surface area contributed by atoms with Gasteiger partial charge < -0.3 is 25.6 Å². The summed E-state index contributed by atoms with van der Waals surface area (Å²) in [5.41, 5.74) is 5.15. The molecule has 0 saturated carbocycles. The quantitative estimate of drug-likeness (QED) is 0.247. The summed E-state index contributed by atoms with van der Waals surface area (Å²) in [4.78, 5) is 39.9. The van der Waals surface area contributed by atoms with Crippen molar-refractivity contribution in [3.05, 3.63) is 10.4 Å². The molecule has 0 radical (unpaired) electrons. The molecule has 0 bridgehead atoms. The Kier molecular flexibility index (Phi) is 3.73. The number of hydrogen-bond donors (Lipinski definition) is 5. The average Bonchev–Trinajstić information content (AvgIpc) is 2.66. The number of hydrogen-bond acceptors (Lipinski definition) is 8. The van der Waals surface area contributed by atoms with Crippen LogP contribution >= 0.6 is 7.60 Å². The summed E-state index contributed by atoms with van der Waals surface area (Å²) < 4.78 is 15.2. The highest BCUT2D eigenvalue weighted by molar-refractivity contribution is 7.51. The van der Waals surface area contributed by atoms with Crippen molar-refractivity contribution >= 4 is 25.0 Å². The zero-order valence-electron chi connectivity index (χ0n) is 9.57. The SMILES string of the molecule is Nc1nc2c(c(=O)[nH]1)NCN2OCOCP(=O)(O)O. The van der Waals surface area contributed by atoms with Gasteiger partial charge in [-0.2, -0.15) is 4.98 Å². The predicted molar refractivity (Wildman–Crippen MR) is 64.2 cm³/mol. The van der Waals surface area contributed by atoms with Crippen molar-refractivity contribution in [3.63, 3.8) is 0 Å². The van der Waals surface area contributed by atoms with E-state index in [-0.39, 0.29) is 24.1 Å². The zero-order chi connectivity index (χ0) is 14.0. The minimum atomic E-state index is -4.24. The fourth-order valence-corrected chi connectivity index (χ4v) is 1.72. The Morgan fingerprint density at radius 2 is 2.26 bits per heavy atom. The smallest absolute Gasteiger partial charge is 0.351 e. The van der Waals surface area contributed by atoms with E-state index in [4.69, 9.17) is 20.4 Å². The van der Waals surface area contributed by atoms with E-state index in [9.17, 15) is 9.36 Å². The minimum absolute atomic E-state index is 0.0721. The normalized spacial score (nSPS) is 14.3. The highest BCUT2D eigenvalue weighted by atomic mass is 31.2. The Morgan fingerprint density at radius 3 is 2.95 bits per heavy atom. The lowest BCUT2D eigenvalue weighted by molar-refractivity contribution is -0.0513. The molecule has 19 heavy (non-hydrogen) atoms. The molecule has 12 heteroatoms. The number of aromatic nitrogens is 2. The summed E-state index contributed by atoms with van der Waals surface area (Å²) in [6, 6.07) is 0. The number of H-pyrrole nitrogens is 1. The highest BCUT2D eigenvalue weighted by Gasteiger charge is 2.25. The first-order valence-electron chi connectivity index (χ1n) is 5.03. The maximum Gasteiger partial charge on any atom is 0.351 e. The van der Waals surface area contributed by atoms with E-state index in [2.05, 4.69) is 20.0 Å². The number of fused-ring (bicyclic) bond motifs is 1. The van der Waals surface area contributed by atoms with Gasteiger partial charge in [-0.3, -0.25) is 14.3 Å². The van der Waals surface area contributed by atoms with Gasteiger partial charge in [0.2, 0.25) is 5.95 Å². The fourth-order valence-electron chi connectivity index (χ4n) is 1.41. The second-order valence-corrected chi connectivity index (χ2v) is 5.20. The maximum atomic E-state index is 11.5. The monoisotopic (exact) mass is 293 g/mol. The molecule has 106 valence electrons. The average molecular weight is 293 g/mol. The van der Waals surface area contributed by atoms with E-state index in [0.717, 1.165) is 0 Å². The van der Waals surface area contributed by atoms with Crippen LogP contribution in [0.4, 0.5) is 17.5 Å². The molecular formula is C7H12N5O6P. The Hall–Kier alpha value is -1.65. The predicted octanol–water partition coefficient (Wildman–Crippen LogP) is -1.42. The lowest BCUT2D eigenvalue weighted by atomic mass is 10.5. The summed E-state index contributed by atoms with van der Waals surface area (Å²) in [5.74, 6) is 0.109. The van der Waals surface area contributed by atoms with Crippen molar-refractivity contribution in [2.45, 2.75) is 0 Å². The fraction of sp³-hybridized carbons (Fsp3) is 0.429. The molecule has 0 amide bonds. The van der Waals surface area contributed by atoms with Crippen molar-refractivity contribution in [1.29, 1.82) is 0 Å². The van der Waals surface area contributed by atoms with E-state index in [1.54, 1.807) is 0 Å². The maximum absolute atomic E-state index is 11.5. The van der Waals surface area contributed by atoms with Gasteiger partial charge in [0.25, 0.3) is 5.56 Å². The summed E-state index contributed by atoms with van der Waals surface area (Å²) in [6.45, 7) is -0.269. The van der Waals surface area contributed by atoms with Gasteiger partial charge in [-0.1, -0.05) is 0 Å².